The maximum Gasteiger partial charge on any atom is 0.224 e. The predicted molar refractivity (Wildman–Crippen MR) is 91.3 cm³/mol. The molecule has 0 saturated heterocycles. The van der Waals surface area contributed by atoms with E-state index in [0.29, 0.717) is 10.8 Å². The van der Waals surface area contributed by atoms with E-state index in [4.69, 9.17) is 21.1 Å². The fraction of sp³-hybridized carbons (Fsp3) is 0.278. The summed E-state index contributed by atoms with van der Waals surface area (Å²) in [4.78, 5) is 12.2. The SMILES string of the molecule is COc1ccc(OC)c(C(C)NC(=O)Cc2cccc(Cl)c2)c1. The van der Waals surface area contributed by atoms with Crippen LogP contribution in [0.3, 0.4) is 0 Å². The molecule has 1 N–H and O–H groups in total. The first-order valence-electron chi connectivity index (χ1n) is 7.29. The molecule has 0 aliphatic heterocycles. The van der Waals surface area contributed by atoms with Crippen molar-refractivity contribution >= 4 is 17.5 Å². The van der Waals surface area contributed by atoms with E-state index in [9.17, 15) is 4.79 Å². The first kappa shape index (κ1) is 17.2. The van der Waals surface area contributed by atoms with Gasteiger partial charge in [0.25, 0.3) is 0 Å². The second-order valence-electron chi connectivity index (χ2n) is 5.20. The Morgan fingerprint density at radius 2 is 1.96 bits per heavy atom. The lowest BCUT2D eigenvalue weighted by molar-refractivity contribution is -0.121. The normalized spacial score (nSPS) is 11.7. The van der Waals surface area contributed by atoms with Gasteiger partial charge in [0.1, 0.15) is 11.5 Å². The van der Waals surface area contributed by atoms with Gasteiger partial charge in [0.15, 0.2) is 0 Å². The van der Waals surface area contributed by atoms with Gasteiger partial charge in [-0.05, 0) is 42.8 Å². The van der Waals surface area contributed by atoms with Crippen LogP contribution in [0.15, 0.2) is 42.5 Å². The minimum absolute atomic E-state index is 0.0790. The van der Waals surface area contributed by atoms with Crippen molar-refractivity contribution in [3.05, 3.63) is 58.6 Å². The lowest BCUT2D eigenvalue weighted by Crippen LogP contribution is -2.28. The Bertz CT molecular complexity index is 688. The molecule has 0 bridgehead atoms. The highest BCUT2D eigenvalue weighted by molar-refractivity contribution is 6.30. The Kier molecular flexibility index (Phi) is 5.88. The average Bonchev–Trinajstić information content (AvgIpc) is 2.54. The minimum Gasteiger partial charge on any atom is -0.497 e. The summed E-state index contributed by atoms with van der Waals surface area (Å²) in [6, 6.07) is 12.6. The molecular formula is C18H20ClNO3. The molecule has 0 saturated carbocycles. The van der Waals surface area contributed by atoms with E-state index in [1.54, 1.807) is 26.4 Å². The second kappa shape index (κ2) is 7.88. The van der Waals surface area contributed by atoms with Crippen LogP contribution in [0.25, 0.3) is 0 Å². The number of carbonyl (C=O) groups excluding carboxylic acids is 1. The first-order chi connectivity index (χ1) is 11.0. The number of halogens is 1. The molecule has 122 valence electrons. The quantitative estimate of drug-likeness (QED) is 0.875. The fourth-order valence-corrected chi connectivity index (χ4v) is 2.59. The zero-order valence-electron chi connectivity index (χ0n) is 13.4. The highest BCUT2D eigenvalue weighted by atomic mass is 35.5. The zero-order valence-corrected chi connectivity index (χ0v) is 14.2. The topological polar surface area (TPSA) is 47.6 Å². The highest BCUT2D eigenvalue weighted by Crippen LogP contribution is 2.29. The monoisotopic (exact) mass is 333 g/mol. The van der Waals surface area contributed by atoms with Crippen molar-refractivity contribution in [2.45, 2.75) is 19.4 Å². The molecule has 0 aliphatic rings. The van der Waals surface area contributed by atoms with Crippen LogP contribution in [0.4, 0.5) is 0 Å². The maximum atomic E-state index is 12.2. The summed E-state index contributed by atoms with van der Waals surface area (Å²) in [5.41, 5.74) is 1.74. The Morgan fingerprint density at radius 3 is 2.61 bits per heavy atom. The second-order valence-corrected chi connectivity index (χ2v) is 5.64. The van der Waals surface area contributed by atoms with Crippen molar-refractivity contribution < 1.29 is 14.3 Å². The number of benzene rings is 2. The number of rotatable bonds is 6. The molecule has 0 radical (unpaired) electrons. The van der Waals surface area contributed by atoms with Crippen LogP contribution in [0.1, 0.15) is 24.1 Å². The van der Waals surface area contributed by atoms with Gasteiger partial charge in [-0.3, -0.25) is 4.79 Å². The van der Waals surface area contributed by atoms with Gasteiger partial charge in [-0.2, -0.15) is 0 Å². The molecule has 0 aromatic heterocycles. The van der Waals surface area contributed by atoms with E-state index in [0.717, 1.165) is 16.9 Å². The Labute approximate surface area is 141 Å². The molecule has 2 aromatic rings. The van der Waals surface area contributed by atoms with Gasteiger partial charge < -0.3 is 14.8 Å². The lowest BCUT2D eigenvalue weighted by atomic mass is 10.1. The van der Waals surface area contributed by atoms with E-state index in [1.165, 1.54) is 0 Å². The van der Waals surface area contributed by atoms with Crippen molar-refractivity contribution in [3.8, 4) is 11.5 Å². The summed E-state index contributed by atoms with van der Waals surface area (Å²) < 4.78 is 10.6. The molecular weight excluding hydrogens is 314 g/mol. The van der Waals surface area contributed by atoms with Crippen LogP contribution in [0.5, 0.6) is 11.5 Å². The fourth-order valence-electron chi connectivity index (χ4n) is 2.38. The lowest BCUT2D eigenvalue weighted by Gasteiger charge is -2.18. The predicted octanol–water partition coefficient (Wildman–Crippen LogP) is 3.78. The molecule has 0 heterocycles. The Balaban J connectivity index is 2.09. The van der Waals surface area contributed by atoms with Crippen molar-refractivity contribution in [3.63, 3.8) is 0 Å². The number of carbonyl (C=O) groups is 1. The third kappa shape index (κ3) is 4.63. The van der Waals surface area contributed by atoms with Crippen molar-refractivity contribution in [1.29, 1.82) is 0 Å². The van der Waals surface area contributed by atoms with E-state index >= 15 is 0 Å². The maximum absolute atomic E-state index is 12.2. The van der Waals surface area contributed by atoms with Crippen LogP contribution < -0.4 is 14.8 Å². The third-order valence-electron chi connectivity index (χ3n) is 3.53. The molecule has 0 spiro atoms. The van der Waals surface area contributed by atoms with Crippen LogP contribution in [-0.4, -0.2) is 20.1 Å². The molecule has 0 aliphatic carbocycles. The number of methoxy groups -OCH3 is 2. The summed E-state index contributed by atoms with van der Waals surface area (Å²) in [5, 5.41) is 3.60. The van der Waals surface area contributed by atoms with Gasteiger partial charge in [-0.1, -0.05) is 23.7 Å². The van der Waals surface area contributed by atoms with E-state index in [-0.39, 0.29) is 18.4 Å². The van der Waals surface area contributed by atoms with Gasteiger partial charge in [0.2, 0.25) is 5.91 Å². The summed E-state index contributed by atoms with van der Waals surface area (Å²) in [7, 11) is 3.21. The number of hydrogen-bond acceptors (Lipinski definition) is 3. The van der Waals surface area contributed by atoms with E-state index < -0.39 is 0 Å². The molecule has 0 fully saturated rings. The largest absolute Gasteiger partial charge is 0.497 e. The molecule has 1 amide bonds. The average molecular weight is 334 g/mol. The summed E-state index contributed by atoms with van der Waals surface area (Å²) in [5.74, 6) is 1.35. The molecule has 1 atom stereocenters. The molecule has 23 heavy (non-hydrogen) atoms. The van der Waals surface area contributed by atoms with Crippen molar-refractivity contribution in [2.75, 3.05) is 14.2 Å². The molecule has 1 unspecified atom stereocenters. The van der Waals surface area contributed by atoms with Crippen LogP contribution in [-0.2, 0) is 11.2 Å². The van der Waals surface area contributed by atoms with Gasteiger partial charge in [-0.25, -0.2) is 0 Å². The van der Waals surface area contributed by atoms with Crippen LogP contribution >= 0.6 is 11.6 Å². The van der Waals surface area contributed by atoms with Gasteiger partial charge in [0, 0.05) is 10.6 Å². The third-order valence-corrected chi connectivity index (χ3v) is 3.77. The first-order valence-corrected chi connectivity index (χ1v) is 7.67. The van der Waals surface area contributed by atoms with Crippen LogP contribution in [0, 0.1) is 0 Å². The van der Waals surface area contributed by atoms with Gasteiger partial charge >= 0.3 is 0 Å². The summed E-state index contributed by atoms with van der Waals surface area (Å²) >= 11 is 5.94. The number of nitrogens with one attached hydrogen (secondary N) is 1. The Hall–Kier alpha value is -2.20. The summed E-state index contributed by atoms with van der Waals surface area (Å²) in [6.07, 6.45) is 0.275. The van der Waals surface area contributed by atoms with Gasteiger partial charge in [-0.15, -0.1) is 0 Å². The van der Waals surface area contributed by atoms with Crippen LogP contribution in [0.2, 0.25) is 5.02 Å². The van der Waals surface area contributed by atoms with Crippen molar-refractivity contribution in [2.24, 2.45) is 0 Å². The number of ether oxygens (including phenoxy) is 2. The van der Waals surface area contributed by atoms with E-state index in [2.05, 4.69) is 5.32 Å². The molecule has 2 aromatic carbocycles. The van der Waals surface area contributed by atoms with E-state index in [1.807, 2.05) is 37.3 Å². The molecule has 5 heteroatoms. The zero-order chi connectivity index (χ0) is 16.8. The summed E-state index contributed by atoms with van der Waals surface area (Å²) in [6.45, 7) is 1.91. The van der Waals surface area contributed by atoms with Gasteiger partial charge in [0.05, 0.1) is 26.7 Å². The minimum atomic E-state index is -0.202. The standard InChI is InChI=1S/C18H20ClNO3/c1-12(16-11-15(22-2)7-8-17(16)23-3)20-18(21)10-13-5-4-6-14(19)9-13/h4-9,11-12H,10H2,1-3H3,(H,20,21). The Morgan fingerprint density at radius 1 is 1.17 bits per heavy atom. The smallest absolute Gasteiger partial charge is 0.224 e. The molecule has 2 rings (SSSR count). The number of amides is 1. The molecule has 4 nitrogen and oxygen atoms in total. The number of hydrogen-bond donors (Lipinski definition) is 1. The highest BCUT2D eigenvalue weighted by Gasteiger charge is 2.15. The van der Waals surface area contributed by atoms with Crippen molar-refractivity contribution in [1.82, 2.24) is 5.32 Å².